The molecule has 1 heterocycles. The number of benzene rings is 1. The van der Waals surface area contributed by atoms with E-state index in [0.717, 1.165) is 19.6 Å². The van der Waals surface area contributed by atoms with Crippen molar-refractivity contribution in [2.75, 3.05) is 40.0 Å². The molecule has 0 amide bonds. The van der Waals surface area contributed by atoms with Crippen LogP contribution in [0.25, 0.3) is 0 Å². The van der Waals surface area contributed by atoms with Crippen molar-refractivity contribution in [1.29, 1.82) is 0 Å². The van der Waals surface area contributed by atoms with E-state index in [2.05, 4.69) is 53.7 Å². The highest BCUT2D eigenvalue weighted by Crippen LogP contribution is 2.07. The van der Waals surface area contributed by atoms with Crippen molar-refractivity contribution in [3.05, 3.63) is 72.6 Å². The van der Waals surface area contributed by atoms with E-state index in [1.54, 1.807) is 13.2 Å². The Morgan fingerprint density at radius 3 is 2.77 bits per heavy atom. The van der Waals surface area contributed by atoms with E-state index in [1.165, 1.54) is 16.2 Å². The number of nitrogens with one attached hydrogen (secondary N) is 1. The predicted molar refractivity (Wildman–Crippen MR) is 103 cm³/mol. The minimum atomic E-state index is -0.501. The Labute approximate surface area is 156 Å². The highest BCUT2D eigenvalue weighted by molar-refractivity contribution is 5.17. The number of rotatable bonds is 13. The Bertz CT molecular complexity index is 627. The van der Waals surface area contributed by atoms with Crippen LogP contribution in [0.3, 0.4) is 0 Å². The van der Waals surface area contributed by atoms with E-state index < -0.39 is 6.10 Å². The van der Waals surface area contributed by atoms with E-state index in [1.807, 2.05) is 6.07 Å². The summed E-state index contributed by atoms with van der Waals surface area (Å²) < 4.78 is 12.9. The molecule has 0 aliphatic heterocycles. The Kier molecular flexibility index (Phi) is 9.14. The van der Waals surface area contributed by atoms with Crippen LogP contribution in [0.4, 0.5) is 0 Å². The summed E-state index contributed by atoms with van der Waals surface area (Å²) in [6, 6.07) is 14.7. The summed E-state index contributed by atoms with van der Waals surface area (Å²) in [5.74, 6) is 0. The average molecular weight is 359 g/mol. The van der Waals surface area contributed by atoms with E-state index in [0.29, 0.717) is 26.4 Å². The van der Waals surface area contributed by atoms with Crippen LogP contribution in [0, 0.1) is 0 Å². The molecule has 5 nitrogen and oxygen atoms in total. The number of methoxy groups -OCH3 is 1. The monoisotopic (exact) mass is 359 g/mol. The molecule has 0 aliphatic rings. The molecule has 2 aromatic rings. The summed E-state index contributed by atoms with van der Waals surface area (Å²) >= 11 is 0. The SMILES string of the molecule is C=CCOC[C@@H](O)C[NH+](CCOC)Cc1cccn1Cc1ccccc1. The summed E-state index contributed by atoms with van der Waals surface area (Å²) in [6.45, 7) is 8.22. The van der Waals surface area contributed by atoms with E-state index in [9.17, 15) is 5.11 Å². The fourth-order valence-electron chi connectivity index (χ4n) is 2.99. The smallest absolute Gasteiger partial charge is 0.126 e. The van der Waals surface area contributed by atoms with Gasteiger partial charge in [-0.15, -0.1) is 6.58 Å². The van der Waals surface area contributed by atoms with Gasteiger partial charge in [0.25, 0.3) is 0 Å². The van der Waals surface area contributed by atoms with E-state index in [4.69, 9.17) is 9.47 Å². The molecule has 2 N–H and O–H groups in total. The molecule has 0 spiro atoms. The predicted octanol–water partition coefficient (Wildman–Crippen LogP) is 1.13. The molecule has 0 fully saturated rings. The Morgan fingerprint density at radius 1 is 1.23 bits per heavy atom. The van der Waals surface area contributed by atoms with Gasteiger partial charge in [0.15, 0.2) is 0 Å². The molecular formula is C21H31N2O3+. The first kappa shape index (κ1) is 20.4. The first-order valence-electron chi connectivity index (χ1n) is 9.10. The molecular weight excluding hydrogens is 328 g/mol. The van der Waals surface area contributed by atoms with Crippen molar-refractivity contribution in [3.63, 3.8) is 0 Å². The Hall–Kier alpha value is -1.92. The zero-order valence-corrected chi connectivity index (χ0v) is 15.6. The fourth-order valence-corrected chi connectivity index (χ4v) is 2.99. The van der Waals surface area contributed by atoms with Crippen molar-refractivity contribution in [3.8, 4) is 0 Å². The van der Waals surface area contributed by atoms with Crippen LogP contribution in [0.1, 0.15) is 11.3 Å². The number of ether oxygens (including phenoxy) is 2. The summed E-state index contributed by atoms with van der Waals surface area (Å²) in [7, 11) is 1.71. The zero-order valence-electron chi connectivity index (χ0n) is 15.6. The number of aliphatic hydroxyl groups is 1. The number of quaternary nitrogens is 1. The lowest BCUT2D eigenvalue weighted by atomic mass is 10.2. The van der Waals surface area contributed by atoms with Gasteiger partial charge < -0.3 is 24.0 Å². The number of nitrogens with zero attached hydrogens (tertiary/aromatic N) is 1. The largest absolute Gasteiger partial charge is 0.385 e. The number of hydrogen-bond acceptors (Lipinski definition) is 3. The summed E-state index contributed by atoms with van der Waals surface area (Å²) in [5.41, 5.74) is 2.53. The second kappa shape index (κ2) is 11.6. The van der Waals surface area contributed by atoms with E-state index in [-0.39, 0.29) is 0 Å². The molecule has 5 heteroatoms. The van der Waals surface area contributed by atoms with Gasteiger partial charge >= 0.3 is 0 Å². The van der Waals surface area contributed by atoms with Gasteiger partial charge in [0.1, 0.15) is 25.7 Å². The third-order valence-corrected chi connectivity index (χ3v) is 4.28. The maximum atomic E-state index is 10.3. The standard InChI is InChI=1S/C21H30N2O3/c1-3-13-26-18-21(24)17-22(12-14-25-2)16-20-10-7-11-23(20)15-19-8-5-4-6-9-19/h3-11,21,24H,1,12-18H2,2H3/p+1/t21-/m0/s1. The maximum Gasteiger partial charge on any atom is 0.126 e. The van der Waals surface area contributed by atoms with Crippen molar-refractivity contribution in [2.24, 2.45) is 0 Å². The summed E-state index contributed by atoms with van der Waals surface area (Å²) in [6.07, 6.45) is 3.30. The fraction of sp³-hybridized carbons (Fsp3) is 0.429. The lowest BCUT2D eigenvalue weighted by Crippen LogP contribution is -3.12. The highest BCUT2D eigenvalue weighted by atomic mass is 16.5. The first-order chi connectivity index (χ1) is 12.7. The topological polar surface area (TPSA) is 48.1 Å². The second-order valence-electron chi connectivity index (χ2n) is 6.47. The van der Waals surface area contributed by atoms with Gasteiger partial charge in [-0.3, -0.25) is 0 Å². The van der Waals surface area contributed by atoms with Crippen LogP contribution in [0.2, 0.25) is 0 Å². The van der Waals surface area contributed by atoms with Gasteiger partial charge in [-0.1, -0.05) is 36.4 Å². The third kappa shape index (κ3) is 7.14. The summed E-state index contributed by atoms with van der Waals surface area (Å²) in [4.78, 5) is 1.27. The number of aliphatic hydroxyl groups excluding tert-OH is 1. The van der Waals surface area contributed by atoms with Crippen LogP contribution in [0.15, 0.2) is 61.3 Å². The quantitative estimate of drug-likeness (QED) is 0.416. The number of hydrogen-bond donors (Lipinski definition) is 2. The molecule has 142 valence electrons. The van der Waals surface area contributed by atoms with Gasteiger partial charge in [-0.2, -0.15) is 0 Å². The normalized spacial score (nSPS) is 13.5. The van der Waals surface area contributed by atoms with Crippen molar-refractivity contribution < 1.29 is 19.5 Å². The van der Waals surface area contributed by atoms with Gasteiger partial charge in [0.2, 0.25) is 0 Å². The minimum absolute atomic E-state index is 0.327. The molecule has 1 aromatic carbocycles. The van der Waals surface area contributed by atoms with Crippen LogP contribution in [-0.4, -0.2) is 55.8 Å². The molecule has 2 atom stereocenters. The molecule has 26 heavy (non-hydrogen) atoms. The van der Waals surface area contributed by atoms with Gasteiger partial charge in [-0.05, 0) is 17.7 Å². The molecule has 2 rings (SSSR count). The molecule has 0 radical (unpaired) electrons. The van der Waals surface area contributed by atoms with Gasteiger partial charge in [0, 0.05) is 19.9 Å². The highest BCUT2D eigenvalue weighted by Gasteiger charge is 2.17. The lowest BCUT2D eigenvalue weighted by molar-refractivity contribution is -0.917. The van der Waals surface area contributed by atoms with Crippen molar-refractivity contribution >= 4 is 0 Å². The Morgan fingerprint density at radius 2 is 2.04 bits per heavy atom. The van der Waals surface area contributed by atoms with Gasteiger partial charge in [0.05, 0.1) is 25.5 Å². The minimum Gasteiger partial charge on any atom is -0.385 e. The molecule has 1 aromatic heterocycles. The van der Waals surface area contributed by atoms with Crippen LogP contribution in [0.5, 0.6) is 0 Å². The first-order valence-corrected chi connectivity index (χ1v) is 9.10. The molecule has 0 saturated heterocycles. The van der Waals surface area contributed by atoms with Crippen LogP contribution < -0.4 is 4.90 Å². The molecule has 0 aliphatic carbocycles. The van der Waals surface area contributed by atoms with Crippen molar-refractivity contribution in [2.45, 2.75) is 19.2 Å². The average Bonchev–Trinajstić information content (AvgIpc) is 3.07. The lowest BCUT2D eigenvalue weighted by Gasteiger charge is -2.23. The van der Waals surface area contributed by atoms with Crippen molar-refractivity contribution in [1.82, 2.24) is 4.57 Å². The Balaban J connectivity index is 1.96. The molecule has 0 bridgehead atoms. The maximum absolute atomic E-state index is 10.3. The number of aromatic nitrogens is 1. The second-order valence-corrected chi connectivity index (χ2v) is 6.47. The van der Waals surface area contributed by atoms with Crippen LogP contribution >= 0.6 is 0 Å². The summed E-state index contributed by atoms with van der Waals surface area (Å²) in [5, 5.41) is 10.3. The molecule has 1 unspecified atom stereocenters. The van der Waals surface area contributed by atoms with Gasteiger partial charge in [-0.25, -0.2) is 0 Å². The van der Waals surface area contributed by atoms with Crippen LogP contribution in [-0.2, 0) is 22.6 Å². The third-order valence-electron chi connectivity index (χ3n) is 4.28. The zero-order chi connectivity index (χ0) is 18.6. The molecule has 0 saturated carbocycles. The van der Waals surface area contributed by atoms with E-state index >= 15 is 0 Å².